The third-order valence-electron chi connectivity index (χ3n) is 5.08. The molecule has 0 spiro atoms. The largest absolute Gasteiger partial charge is 0.325 e. The van der Waals surface area contributed by atoms with Crippen molar-refractivity contribution in [3.8, 4) is 0 Å². The van der Waals surface area contributed by atoms with Crippen molar-refractivity contribution < 1.29 is 9.59 Å². The van der Waals surface area contributed by atoms with E-state index in [-0.39, 0.29) is 23.1 Å². The lowest BCUT2D eigenvalue weighted by molar-refractivity contribution is -0.136. The first-order chi connectivity index (χ1) is 12.6. The van der Waals surface area contributed by atoms with Crippen molar-refractivity contribution in [2.45, 2.75) is 18.7 Å². The zero-order chi connectivity index (χ0) is 18.1. The van der Waals surface area contributed by atoms with Gasteiger partial charge >= 0.3 is 0 Å². The SMILES string of the molecule is Cc1ccc(C2SCCN2C(=O)C2CC(=O)N(c3ccccc3)C2)cc1. The second-order valence-corrected chi connectivity index (χ2v) is 8.09. The summed E-state index contributed by atoms with van der Waals surface area (Å²) in [6.45, 7) is 3.29. The molecule has 2 fully saturated rings. The minimum absolute atomic E-state index is 0.0354. The monoisotopic (exact) mass is 366 g/mol. The van der Waals surface area contributed by atoms with Crippen molar-refractivity contribution in [2.75, 3.05) is 23.7 Å². The first kappa shape index (κ1) is 17.2. The van der Waals surface area contributed by atoms with Crippen LogP contribution in [0.5, 0.6) is 0 Å². The molecule has 0 bridgehead atoms. The fourth-order valence-electron chi connectivity index (χ4n) is 3.67. The number of aryl methyl sites for hydroxylation is 1. The van der Waals surface area contributed by atoms with Crippen molar-refractivity contribution in [3.05, 3.63) is 65.7 Å². The Balaban J connectivity index is 1.50. The summed E-state index contributed by atoms with van der Waals surface area (Å²) in [5.41, 5.74) is 3.25. The minimum Gasteiger partial charge on any atom is -0.325 e. The van der Waals surface area contributed by atoms with Crippen LogP contribution < -0.4 is 4.90 Å². The van der Waals surface area contributed by atoms with Crippen LogP contribution in [-0.2, 0) is 9.59 Å². The average Bonchev–Trinajstić information content (AvgIpc) is 3.29. The van der Waals surface area contributed by atoms with Gasteiger partial charge in [-0.2, -0.15) is 0 Å². The molecule has 2 aliphatic rings. The summed E-state index contributed by atoms with van der Waals surface area (Å²) in [4.78, 5) is 29.3. The highest BCUT2D eigenvalue weighted by molar-refractivity contribution is 7.99. The summed E-state index contributed by atoms with van der Waals surface area (Å²) in [6.07, 6.45) is 0.301. The standard InChI is InChI=1S/C21H22N2O2S/c1-15-7-9-16(10-8-15)21-22(11-12-26-21)20(25)17-13-19(24)23(14-17)18-5-3-2-4-6-18/h2-10,17,21H,11-14H2,1H3. The number of hydrogen-bond donors (Lipinski definition) is 0. The van der Waals surface area contributed by atoms with Crippen LogP contribution in [0.2, 0.25) is 0 Å². The van der Waals surface area contributed by atoms with Crippen molar-refractivity contribution >= 4 is 29.3 Å². The Kier molecular flexibility index (Phi) is 4.72. The molecule has 134 valence electrons. The molecular weight excluding hydrogens is 344 g/mol. The molecule has 0 aromatic heterocycles. The van der Waals surface area contributed by atoms with Gasteiger partial charge in [0.1, 0.15) is 5.37 Å². The first-order valence-electron chi connectivity index (χ1n) is 8.97. The molecule has 2 amide bonds. The van der Waals surface area contributed by atoms with E-state index < -0.39 is 0 Å². The molecule has 0 radical (unpaired) electrons. The molecule has 26 heavy (non-hydrogen) atoms. The van der Waals surface area contributed by atoms with E-state index in [1.54, 1.807) is 16.7 Å². The number of carbonyl (C=O) groups excluding carboxylic acids is 2. The number of benzene rings is 2. The minimum atomic E-state index is -0.255. The number of thioether (sulfide) groups is 1. The van der Waals surface area contributed by atoms with E-state index in [0.29, 0.717) is 13.0 Å². The lowest BCUT2D eigenvalue weighted by Gasteiger charge is -2.27. The predicted octanol–water partition coefficient (Wildman–Crippen LogP) is 3.62. The van der Waals surface area contributed by atoms with Gasteiger partial charge in [-0.05, 0) is 24.6 Å². The topological polar surface area (TPSA) is 40.6 Å². The molecule has 2 aromatic carbocycles. The van der Waals surface area contributed by atoms with Crippen LogP contribution in [0.3, 0.4) is 0 Å². The van der Waals surface area contributed by atoms with Gasteiger partial charge in [0.05, 0.1) is 5.92 Å². The highest BCUT2D eigenvalue weighted by Crippen LogP contribution is 2.40. The van der Waals surface area contributed by atoms with Gasteiger partial charge in [0.15, 0.2) is 0 Å². The van der Waals surface area contributed by atoms with Crippen LogP contribution in [0.25, 0.3) is 0 Å². The number of anilines is 1. The Morgan fingerprint density at radius 2 is 1.81 bits per heavy atom. The van der Waals surface area contributed by atoms with Crippen LogP contribution in [0, 0.1) is 12.8 Å². The van der Waals surface area contributed by atoms with Crippen LogP contribution in [-0.4, -0.2) is 35.6 Å². The zero-order valence-electron chi connectivity index (χ0n) is 14.8. The predicted molar refractivity (Wildman–Crippen MR) is 105 cm³/mol. The van der Waals surface area contributed by atoms with Gasteiger partial charge in [-0.15, -0.1) is 11.8 Å². The molecule has 0 N–H and O–H groups in total. The molecule has 0 aliphatic carbocycles. The Bertz CT molecular complexity index is 807. The number of rotatable bonds is 3. The number of carbonyl (C=O) groups is 2. The molecular formula is C21H22N2O2S. The Hall–Kier alpha value is -2.27. The second-order valence-electron chi connectivity index (χ2n) is 6.91. The van der Waals surface area contributed by atoms with Gasteiger partial charge < -0.3 is 9.80 Å². The van der Waals surface area contributed by atoms with Crippen LogP contribution in [0.4, 0.5) is 5.69 Å². The molecule has 4 rings (SSSR count). The summed E-state index contributed by atoms with van der Waals surface area (Å²) in [5.74, 6) is 0.822. The number of nitrogens with zero attached hydrogens (tertiary/aromatic N) is 2. The highest BCUT2D eigenvalue weighted by atomic mass is 32.2. The third-order valence-corrected chi connectivity index (χ3v) is 6.34. The second kappa shape index (κ2) is 7.16. The van der Waals surface area contributed by atoms with Crippen LogP contribution in [0.1, 0.15) is 22.9 Å². The lowest BCUT2D eigenvalue weighted by atomic mass is 10.1. The summed E-state index contributed by atoms with van der Waals surface area (Å²) in [7, 11) is 0. The Morgan fingerprint density at radius 1 is 1.08 bits per heavy atom. The summed E-state index contributed by atoms with van der Waals surface area (Å²) in [6, 6.07) is 18.0. The molecule has 4 nitrogen and oxygen atoms in total. The van der Waals surface area contributed by atoms with Crippen LogP contribution >= 0.6 is 11.8 Å². The van der Waals surface area contributed by atoms with Gasteiger partial charge in [-0.3, -0.25) is 9.59 Å². The fraction of sp³-hybridized carbons (Fsp3) is 0.333. The molecule has 2 aromatic rings. The van der Waals surface area contributed by atoms with Crippen molar-refractivity contribution in [1.29, 1.82) is 0 Å². The number of amides is 2. The van der Waals surface area contributed by atoms with Gasteiger partial charge in [0, 0.05) is 31.0 Å². The third kappa shape index (κ3) is 3.23. The van der Waals surface area contributed by atoms with Gasteiger partial charge in [-0.25, -0.2) is 0 Å². The molecule has 2 unspecified atom stereocenters. The van der Waals surface area contributed by atoms with E-state index in [1.807, 2.05) is 35.2 Å². The van der Waals surface area contributed by atoms with Gasteiger partial charge in [0.25, 0.3) is 0 Å². The molecule has 2 atom stereocenters. The maximum atomic E-state index is 13.2. The van der Waals surface area contributed by atoms with E-state index >= 15 is 0 Å². The van der Waals surface area contributed by atoms with Crippen molar-refractivity contribution in [1.82, 2.24) is 4.90 Å². The summed E-state index contributed by atoms with van der Waals surface area (Å²) in [5, 5.41) is 0.0592. The Labute approximate surface area is 158 Å². The Morgan fingerprint density at radius 3 is 2.54 bits per heavy atom. The lowest BCUT2D eigenvalue weighted by Crippen LogP contribution is -2.37. The van der Waals surface area contributed by atoms with Crippen molar-refractivity contribution in [2.24, 2.45) is 5.92 Å². The summed E-state index contributed by atoms with van der Waals surface area (Å²) >= 11 is 1.80. The van der Waals surface area contributed by atoms with Crippen LogP contribution in [0.15, 0.2) is 54.6 Å². The number of para-hydroxylation sites is 1. The highest BCUT2D eigenvalue weighted by Gasteiger charge is 2.40. The normalized spacial score (nSPS) is 22.9. The fourth-order valence-corrected chi connectivity index (χ4v) is 4.93. The molecule has 2 aliphatic heterocycles. The molecule has 2 heterocycles. The van der Waals surface area contributed by atoms with Crippen molar-refractivity contribution in [3.63, 3.8) is 0 Å². The molecule has 0 saturated carbocycles. The zero-order valence-corrected chi connectivity index (χ0v) is 15.6. The van der Waals surface area contributed by atoms with E-state index in [4.69, 9.17) is 0 Å². The first-order valence-corrected chi connectivity index (χ1v) is 10.0. The quantitative estimate of drug-likeness (QED) is 0.833. The van der Waals surface area contributed by atoms with Gasteiger partial charge in [-0.1, -0.05) is 48.0 Å². The van der Waals surface area contributed by atoms with Gasteiger partial charge in [0.2, 0.25) is 11.8 Å². The molecule has 2 saturated heterocycles. The molecule has 5 heteroatoms. The maximum absolute atomic E-state index is 13.2. The van der Waals surface area contributed by atoms with E-state index in [2.05, 4.69) is 31.2 Å². The summed E-state index contributed by atoms with van der Waals surface area (Å²) < 4.78 is 0. The number of hydrogen-bond acceptors (Lipinski definition) is 3. The van der Waals surface area contributed by atoms with E-state index in [0.717, 1.165) is 23.5 Å². The maximum Gasteiger partial charge on any atom is 0.229 e. The average molecular weight is 366 g/mol. The smallest absolute Gasteiger partial charge is 0.229 e. The van der Waals surface area contributed by atoms with E-state index in [1.165, 1.54) is 5.56 Å². The van der Waals surface area contributed by atoms with E-state index in [9.17, 15) is 9.59 Å².